The Kier molecular flexibility index (Phi) is 3.09. The zero-order valence-corrected chi connectivity index (χ0v) is 9.27. The minimum Gasteiger partial charge on any atom is -0.396 e. The van der Waals surface area contributed by atoms with Gasteiger partial charge in [-0.3, -0.25) is 9.48 Å². The molecular weight excluding hydrogens is 208 g/mol. The topological polar surface area (TPSA) is 82.2 Å². The number of amides is 1. The molecule has 1 aromatic rings. The number of aryl methyl sites for hydroxylation is 1. The number of hydrogen-bond donors (Lipinski definition) is 2. The van der Waals surface area contributed by atoms with Gasteiger partial charge >= 0.3 is 0 Å². The van der Waals surface area contributed by atoms with Crippen LogP contribution in [-0.2, 0) is 11.8 Å². The minimum atomic E-state index is -0.201. The summed E-state index contributed by atoms with van der Waals surface area (Å²) < 4.78 is 6.89. The maximum absolute atomic E-state index is 11.8. The summed E-state index contributed by atoms with van der Waals surface area (Å²) in [6, 6.07) is 0. The fourth-order valence-electron chi connectivity index (χ4n) is 1.83. The third-order valence-electron chi connectivity index (χ3n) is 2.70. The average Bonchev–Trinajstić information content (AvgIpc) is 2.86. The van der Waals surface area contributed by atoms with E-state index in [1.807, 2.05) is 0 Å². The lowest BCUT2D eigenvalue weighted by molar-refractivity contribution is 0.0851. The number of anilines is 1. The molecule has 1 aliphatic heterocycles. The summed E-state index contributed by atoms with van der Waals surface area (Å²) >= 11 is 0. The third kappa shape index (κ3) is 2.16. The molecule has 0 unspecified atom stereocenters. The van der Waals surface area contributed by atoms with Crippen LogP contribution >= 0.6 is 0 Å². The molecule has 88 valence electrons. The first-order chi connectivity index (χ1) is 7.68. The second-order valence-electron chi connectivity index (χ2n) is 3.92. The fourth-order valence-corrected chi connectivity index (χ4v) is 1.83. The second kappa shape index (κ2) is 4.52. The summed E-state index contributed by atoms with van der Waals surface area (Å²) in [6.45, 7) is 1.32. The lowest BCUT2D eigenvalue weighted by atomic mass is 10.2. The molecule has 6 nitrogen and oxygen atoms in total. The van der Waals surface area contributed by atoms with E-state index in [9.17, 15) is 4.79 Å². The Morgan fingerprint density at radius 2 is 2.62 bits per heavy atom. The van der Waals surface area contributed by atoms with Crippen LogP contribution in [0.4, 0.5) is 5.69 Å². The smallest absolute Gasteiger partial charge is 0.271 e. The summed E-state index contributed by atoms with van der Waals surface area (Å²) in [7, 11) is 1.69. The van der Waals surface area contributed by atoms with Crippen molar-refractivity contribution in [2.45, 2.75) is 18.9 Å². The van der Waals surface area contributed by atoms with E-state index in [1.165, 1.54) is 10.9 Å². The van der Waals surface area contributed by atoms with Crippen LogP contribution in [0.25, 0.3) is 0 Å². The first-order valence-corrected chi connectivity index (χ1v) is 5.35. The Morgan fingerprint density at radius 3 is 3.19 bits per heavy atom. The number of nitrogen functional groups attached to an aromatic ring is 1. The number of nitrogens with two attached hydrogens (primary N) is 1. The Balaban J connectivity index is 1.92. The number of carbonyl (C=O) groups is 1. The number of rotatable bonds is 3. The van der Waals surface area contributed by atoms with Crippen LogP contribution in [0.2, 0.25) is 0 Å². The lowest BCUT2D eigenvalue weighted by Crippen LogP contribution is -2.33. The van der Waals surface area contributed by atoms with Crippen LogP contribution in [0, 0.1) is 0 Å². The SMILES string of the molecule is Cn1ncc(N)c1C(=O)NC[C@H]1CCCO1. The van der Waals surface area contributed by atoms with Gasteiger partial charge in [0.2, 0.25) is 0 Å². The van der Waals surface area contributed by atoms with Crippen LogP contribution in [0.5, 0.6) is 0 Å². The molecule has 3 N–H and O–H groups in total. The summed E-state index contributed by atoms with van der Waals surface area (Å²) in [4.78, 5) is 11.8. The van der Waals surface area contributed by atoms with Gasteiger partial charge in [-0.05, 0) is 12.8 Å². The fraction of sp³-hybridized carbons (Fsp3) is 0.600. The van der Waals surface area contributed by atoms with Crippen molar-refractivity contribution in [1.29, 1.82) is 0 Å². The van der Waals surface area contributed by atoms with E-state index in [2.05, 4.69) is 10.4 Å². The predicted molar refractivity (Wildman–Crippen MR) is 58.9 cm³/mol. The number of hydrogen-bond acceptors (Lipinski definition) is 4. The minimum absolute atomic E-state index is 0.137. The molecule has 6 heteroatoms. The van der Waals surface area contributed by atoms with Crippen molar-refractivity contribution in [3.63, 3.8) is 0 Å². The van der Waals surface area contributed by atoms with Crippen molar-refractivity contribution in [3.05, 3.63) is 11.9 Å². The maximum atomic E-state index is 11.8. The van der Waals surface area contributed by atoms with Crippen molar-refractivity contribution < 1.29 is 9.53 Å². The summed E-state index contributed by atoms with van der Waals surface area (Å²) in [5.74, 6) is -0.201. The van der Waals surface area contributed by atoms with Crippen molar-refractivity contribution in [2.75, 3.05) is 18.9 Å². The molecule has 1 fully saturated rings. The third-order valence-corrected chi connectivity index (χ3v) is 2.70. The molecule has 2 rings (SSSR count). The Morgan fingerprint density at radius 1 is 1.81 bits per heavy atom. The van der Waals surface area contributed by atoms with Gasteiger partial charge in [0, 0.05) is 20.2 Å². The van der Waals surface area contributed by atoms with Gasteiger partial charge in [0.15, 0.2) is 0 Å². The van der Waals surface area contributed by atoms with Crippen molar-refractivity contribution in [2.24, 2.45) is 7.05 Å². The quantitative estimate of drug-likeness (QED) is 0.751. The Bertz CT molecular complexity index is 363. The highest BCUT2D eigenvalue weighted by atomic mass is 16.5. The molecule has 0 aliphatic carbocycles. The second-order valence-corrected chi connectivity index (χ2v) is 3.92. The molecule has 0 radical (unpaired) electrons. The summed E-state index contributed by atoms with van der Waals surface area (Å²) in [6.07, 6.45) is 3.68. The normalized spacial score (nSPS) is 19.9. The maximum Gasteiger partial charge on any atom is 0.271 e. The number of carbonyl (C=O) groups excluding carboxylic acids is 1. The molecule has 2 heterocycles. The monoisotopic (exact) mass is 224 g/mol. The van der Waals surface area contributed by atoms with Gasteiger partial charge in [-0.2, -0.15) is 5.10 Å². The molecule has 1 aromatic heterocycles. The van der Waals surface area contributed by atoms with Crippen LogP contribution in [0.3, 0.4) is 0 Å². The molecule has 0 bridgehead atoms. The van der Waals surface area contributed by atoms with Crippen LogP contribution < -0.4 is 11.1 Å². The summed E-state index contributed by atoms with van der Waals surface area (Å²) in [5, 5.41) is 6.72. The number of aromatic nitrogens is 2. The van der Waals surface area contributed by atoms with Crippen molar-refractivity contribution in [1.82, 2.24) is 15.1 Å². The molecule has 1 saturated heterocycles. The molecule has 0 spiro atoms. The molecule has 16 heavy (non-hydrogen) atoms. The average molecular weight is 224 g/mol. The van der Waals surface area contributed by atoms with E-state index in [0.29, 0.717) is 17.9 Å². The zero-order chi connectivity index (χ0) is 11.5. The first-order valence-electron chi connectivity index (χ1n) is 5.35. The molecule has 0 aromatic carbocycles. The predicted octanol–water partition coefficient (Wildman–Crippen LogP) is -0.0889. The van der Waals surface area contributed by atoms with E-state index in [1.54, 1.807) is 7.05 Å². The molecule has 1 aliphatic rings. The Hall–Kier alpha value is -1.56. The van der Waals surface area contributed by atoms with Gasteiger partial charge in [0.1, 0.15) is 5.69 Å². The molecule has 0 saturated carbocycles. The van der Waals surface area contributed by atoms with Gasteiger partial charge in [-0.1, -0.05) is 0 Å². The van der Waals surface area contributed by atoms with E-state index in [-0.39, 0.29) is 12.0 Å². The van der Waals surface area contributed by atoms with E-state index in [4.69, 9.17) is 10.5 Å². The molecular formula is C10H16N4O2. The summed E-state index contributed by atoms with van der Waals surface area (Å²) in [5.41, 5.74) is 6.45. The largest absolute Gasteiger partial charge is 0.396 e. The van der Waals surface area contributed by atoms with E-state index >= 15 is 0 Å². The Labute approximate surface area is 93.8 Å². The number of nitrogens with zero attached hydrogens (tertiary/aromatic N) is 2. The standard InChI is InChI=1S/C10H16N4O2/c1-14-9(8(11)6-13-14)10(15)12-5-7-3-2-4-16-7/h6-7H,2-5,11H2,1H3,(H,12,15)/t7-/m1/s1. The van der Waals surface area contributed by atoms with Crippen molar-refractivity contribution >= 4 is 11.6 Å². The van der Waals surface area contributed by atoms with E-state index < -0.39 is 0 Å². The lowest BCUT2D eigenvalue weighted by Gasteiger charge is -2.11. The van der Waals surface area contributed by atoms with Gasteiger partial charge in [-0.15, -0.1) is 0 Å². The zero-order valence-electron chi connectivity index (χ0n) is 9.27. The molecule has 1 atom stereocenters. The van der Waals surface area contributed by atoms with E-state index in [0.717, 1.165) is 19.4 Å². The van der Waals surface area contributed by atoms with Crippen LogP contribution in [-0.4, -0.2) is 34.9 Å². The van der Waals surface area contributed by atoms with Crippen molar-refractivity contribution in [3.8, 4) is 0 Å². The van der Waals surface area contributed by atoms with Crippen LogP contribution in [0.1, 0.15) is 23.3 Å². The highest BCUT2D eigenvalue weighted by Gasteiger charge is 2.19. The number of ether oxygens (including phenoxy) is 1. The van der Waals surface area contributed by atoms with Gasteiger partial charge in [0.25, 0.3) is 5.91 Å². The molecule has 1 amide bonds. The van der Waals surface area contributed by atoms with Gasteiger partial charge in [0.05, 0.1) is 18.0 Å². The van der Waals surface area contributed by atoms with Gasteiger partial charge in [-0.25, -0.2) is 0 Å². The number of nitrogens with one attached hydrogen (secondary N) is 1. The highest BCUT2D eigenvalue weighted by molar-refractivity contribution is 5.97. The first kappa shape index (κ1) is 10.9. The van der Waals surface area contributed by atoms with Gasteiger partial charge < -0.3 is 15.8 Å². The highest BCUT2D eigenvalue weighted by Crippen LogP contribution is 2.12. The van der Waals surface area contributed by atoms with Crippen LogP contribution in [0.15, 0.2) is 6.20 Å².